The monoisotopic (exact) mass is 325 g/mol. The molecular formula is C16H24BrNO. The van der Waals surface area contributed by atoms with Gasteiger partial charge in [0.15, 0.2) is 0 Å². The van der Waals surface area contributed by atoms with Gasteiger partial charge in [-0.05, 0) is 45.1 Å². The van der Waals surface area contributed by atoms with Crippen molar-refractivity contribution in [1.82, 2.24) is 5.32 Å². The molecule has 0 bridgehead atoms. The van der Waals surface area contributed by atoms with Crippen LogP contribution in [-0.2, 0) is 11.2 Å². The first-order valence-corrected chi connectivity index (χ1v) is 8.06. The fourth-order valence-corrected chi connectivity index (χ4v) is 2.38. The number of unbranched alkanes of at least 4 members (excludes halogenated alkanes) is 1. The molecule has 0 aromatic heterocycles. The second kappa shape index (κ2) is 8.36. The van der Waals surface area contributed by atoms with Crippen LogP contribution in [0.5, 0.6) is 0 Å². The summed E-state index contributed by atoms with van der Waals surface area (Å²) in [7, 11) is 0. The van der Waals surface area contributed by atoms with E-state index in [-0.39, 0.29) is 11.4 Å². The largest absolute Gasteiger partial charge is 0.351 e. The minimum absolute atomic E-state index is 0.138. The van der Waals surface area contributed by atoms with Gasteiger partial charge in [-0.1, -0.05) is 46.3 Å². The highest BCUT2D eigenvalue weighted by Gasteiger charge is 2.19. The fourth-order valence-electron chi connectivity index (χ4n) is 1.98. The van der Waals surface area contributed by atoms with Gasteiger partial charge in [0.1, 0.15) is 0 Å². The first-order chi connectivity index (χ1) is 9.03. The van der Waals surface area contributed by atoms with Crippen LogP contribution < -0.4 is 5.32 Å². The standard InChI is InChI=1S/C16H24BrNO/c1-16(2,18-15(19)10-6-7-13-17)12-11-14-8-4-3-5-9-14/h3-5,8-9H,6-7,10-13H2,1-2H3,(H,18,19). The molecule has 2 nitrogen and oxygen atoms in total. The van der Waals surface area contributed by atoms with Crippen LogP contribution in [-0.4, -0.2) is 16.8 Å². The molecule has 0 unspecified atom stereocenters. The van der Waals surface area contributed by atoms with Crippen molar-refractivity contribution >= 4 is 21.8 Å². The Labute approximate surface area is 125 Å². The molecule has 1 aromatic carbocycles. The molecular weight excluding hydrogens is 302 g/mol. The number of aryl methyl sites for hydroxylation is 1. The van der Waals surface area contributed by atoms with E-state index in [0.717, 1.165) is 31.0 Å². The number of hydrogen-bond donors (Lipinski definition) is 1. The molecule has 1 N–H and O–H groups in total. The van der Waals surface area contributed by atoms with E-state index in [9.17, 15) is 4.79 Å². The van der Waals surface area contributed by atoms with E-state index in [2.05, 4.69) is 59.4 Å². The number of alkyl halides is 1. The predicted molar refractivity (Wildman–Crippen MR) is 84.6 cm³/mol. The molecule has 19 heavy (non-hydrogen) atoms. The van der Waals surface area contributed by atoms with E-state index in [4.69, 9.17) is 0 Å². The molecule has 1 rings (SSSR count). The zero-order chi connectivity index (χ0) is 14.1. The molecule has 0 radical (unpaired) electrons. The van der Waals surface area contributed by atoms with Gasteiger partial charge in [0.2, 0.25) is 5.91 Å². The van der Waals surface area contributed by atoms with Gasteiger partial charge in [-0.25, -0.2) is 0 Å². The predicted octanol–water partition coefficient (Wildman–Crippen LogP) is 4.08. The highest BCUT2D eigenvalue weighted by Crippen LogP contribution is 2.14. The van der Waals surface area contributed by atoms with Gasteiger partial charge < -0.3 is 5.32 Å². The van der Waals surface area contributed by atoms with Crippen LogP contribution in [0.2, 0.25) is 0 Å². The van der Waals surface area contributed by atoms with Crippen LogP contribution >= 0.6 is 15.9 Å². The summed E-state index contributed by atoms with van der Waals surface area (Å²) >= 11 is 3.38. The van der Waals surface area contributed by atoms with E-state index in [0.29, 0.717) is 6.42 Å². The number of rotatable bonds is 8. The van der Waals surface area contributed by atoms with E-state index < -0.39 is 0 Å². The van der Waals surface area contributed by atoms with Crippen molar-refractivity contribution < 1.29 is 4.79 Å². The number of benzene rings is 1. The number of carbonyl (C=O) groups excluding carboxylic acids is 1. The van der Waals surface area contributed by atoms with Crippen molar-refractivity contribution in [2.75, 3.05) is 5.33 Å². The maximum Gasteiger partial charge on any atom is 0.220 e. The number of halogens is 1. The Balaban J connectivity index is 2.32. The van der Waals surface area contributed by atoms with Gasteiger partial charge in [-0.15, -0.1) is 0 Å². The van der Waals surface area contributed by atoms with Gasteiger partial charge in [0.25, 0.3) is 0 Å². The Morgan fingerprint density at radius 1 is 1.21 bits per heavy atom. The highest BCUT2D eigenvalue weighted by molar-refractivity contribution is 9.09. The lowest BCUT2D eigenvalue weighted by atomic mass is 9.95. The van der Waals surface area contributed by atoms with E-state index in [1.165, 1.54) is 5.56 Å². The molecule has 0 spiro atoms. The van der Waals surface area contributed by atoms with Crippen molar-refractivity contribution in [2.24, 2.45) is 0 Å². The molecule has 0 aliphatic rings. The lowest BCUT2D eigenvalue weighted by Gasteiger charge is -2.26. The summed E-state index contributed by atoms with van der Waals surface area (Å²) in [5.41, 5.74) is 1.19. The maximum atomic E-state index is 11.8. The van der Waals surface area contributed by atoms with E-state index in [1.54, 1.807) is 0 Å². The Morgan fingerprint density at radius 2 is 1.89 bits per heavy atom. The first kappa shape index (κ1) is 16.2. The van der Waals surface area contributed by atoms with Gasteiger partial charge in [0.05, 0.1) is 0 Å². The Bertz CT molecular complexity index is 376. The van der Waals surface area contributed by atoms with Crippen LogP contribution in [0.1, 0.15) is 45.1 Å². The second-order valence-corrected chi connectivity index (χ2v) is 6.36. The molecule has 0 atom stereocenters. The molecule has 0 heterocycles. The normalized spacial score (nSPS) is 11.3. The minimum Gasteiger partial charge on any atom is -0.351 e. The van der Waals surface area contributed by atoms with Crippen LogP contribution in [0.25, 0.3) is 0 Å². The van der Waals surface area contributed by atoms with Crippen molar-refractivity contribution in [1.29, 1.82) is 0 Å². The quantitative estimate of drug-likeness (QED) is 0.566. The van der Waals surface area contributed by atoms with E-state index in [1.807, 2.05) is 6.07 Å². The SMILES string of the molecule is CC(C)(CCc1ccccc1)NC(=O)CCCCBr. The Morgan fingerprint density at radius 3 is 2.53 bits per heavy atom. The molecule has 1 amide bonds. The third-order valence-corrected chi connectivity index (χ3v) is 3.71. The molecule has 106 valence electrons. The van der Waals surface area contributed by atoms with Crippen LogP contribution in [0.4, 0.5) is 0 Å². The number of nitrogens with one attached hydrogen (secondary N) is 1. The summed E-state index contributed by atoms with van der Waals surface area (Å²) in [6.07, 6.45) is 4.58. The average Bonchev–Trinajstić information content (AvgIpc) is 2.37. The maximum absolute atomic E-state index is 11.8. The smallest absolute Gasteiger partial charge is 0.220 e. The lowest BCUT2D eigenvalue weighted by Crippen LogP contribution is -2.43. The summed E-state index contributed by atoms with van der Waals surface area (Å²) in [5, 5.41) is 4.10. The van der Waals surface area contributed by atoms with Crippen LogP contribution in [0, 0.1) is 0 Å². The number of hydrogen-bond acceptors (Lipinski definition) is 1. The molecule has 3 heteroatoms. The lowest BCUT2D eigenvalue weighted by molar-refractivity contribution is -0.122. The van der Waals surface area contributed by atoms with Crippen molar-refractivity contribution in [3.8, 4) is 0 Å². The van der Waals surface area contributed by atoms with E-state index >= 15 is 0 Å². The summed E-state index contributed by atoms with van der Waals surface area (Å²) in [6.45, 7) is 4.19. The molecule has 0 aliphatic carbocycles. The highest BCUT2D eigenvalue weighted by atomic mass is 79.9. The molecule has 0 fully saturated rings. The Kier molecular flexibility index (Phi) is 7.14. The van der Waals surface area contributed by atoms with Gasteiger partial charge >= 0.3 is 0 Å². The summed E-state index contributed by atoms with van der Waals surface area (Å²) in [5.74, 6) is 0.166. The zero-order valence-electron chi connectivity index (χ0n) is 11.9. The number of amides is 1. The summed E-state index contributed by atoms with van der Waals surface area (Å²) in [4.78, 5) is 11.8. The second-order valence-electron chi connectivity index (χ2n) is 5.56. The minimum atomic E-state index is -0.138. The first-order valence-electron chi connectivity index (χ1n) is 6.94. The molecule has 0 saturated heterocycles. The zero-order valence-corrected chi connectivity index (χ0v) is 13.5. The van der Waals surface area contributed by atoms with Crippen LogP contribution in [0.15, 0.2) is 30.3 Å². The number of carbonyl (C=O) groups is 1. The summed E-state index contributed by atoms with van der Waals surface area (Å²) < 4.78 is 0. The molecule has 0 saturated carbocycles. The summed E-state index contributed by atoms with van der Waals surface area (Å²) in [6, 6.07) is 10.4. The topological polar surface area (TPSA) is 29.1 Å². The van der Waals surface area contributed by atoms with Gasteiger partial charge in [-0.2, -0.15) is 0 Å². The van der Waals surface area contributed by atoms with Gasteiger partial charge in [-0.3, -0.25) is 4.79 Å². The average molecular weight is 326 g/mol. The van der Waals surface area contributed by atoms with Crippen molar-refractivity contribution in [3.05, 3.63) is 35.9 Å². The van der Waals surface area contributed by atoms with Crippen LogP contribution in [0.3, 0.4) is 0 Å². The van der Waals surface area contributed by atoms with Crippen molar-refractivity contribution in [3.63, 3.8) is 0 Å². The Hall–Kier alpha value is -0.830. The van der Waals surface area contributed by atoms with Gasteiger partial charge in [0, 0.05) is 17.3 Å². The molecule has 1 aromatic rings. The third-order valence-electron chi connectivity index (χ3n) is 3.15. The molecule has 0 aliphatic heterocycles. The fraction of sp³-hybridized carbons (Fsp3) is 0.562. The van der Waals surface area contributed by atoms with Crippen molar-refractivity contribution in [2.45, 2.75) is 51.5 Å². The third kappa shape index (κ3) is 7.36.